The number of benzene rings is 2. The summed E-state index contributed by atoms with van der Waals surface area (Å²) in [6, 6.07) is 7.87. The van der Waals surface area contributed by atoms with Gasteiger partial charge in [-0.25, -0.2) is 0 Å². The van der Waals surface area contributed by atoms with E-state index in [0.717, 1.165) is 40.3 Å². The van der Waals surface area contributed by atoms with E-state index in [9.17, 15) is 9.90 Å². The first-order valence-corrected chi connectivity index (χ1v) is 9.09. The van der Waals surface area contributed by atoms with Crippen LogP contribution in [0.3, 0.4) is 0 Å². The number of fused-ring (bicyclic) bond motifs is 2. The fourth-order valence-electron chi connectivity index (χ4n) is 3.49. The smallest absolute Gasteiger partial charge is 0.314 e. The van der Waals surface area contributed by atoms with Crippen LogP contribution in [0.25, 0.3) is 16.8 Å². The summed E-state index contributed by atoms with van der Waals surface area (Å²) in [5.74, 6) is 0.706. The highest BCUT2D eigenvalue weighted by Gasteiger charge is 2.26. The second-order valence-electron chi connectivity index (χ2n) is 7.13. The third-order valence-corrected chi connectivity index (χ3v) is 5.10. The predicted octanol–water partition coefficient (Wildman–Crippen LogP) is 5.05. The number of carbonyl (C=O) groups is 1. The lowest BCUT2D eigenvalue weighted by Crippen LogP contribution is -2.20. The van der Waals surface area contributed by atoms with Gasteiger partial charge in [0.25, 0.3) is 0 Å². The molecule has 2 aromatic carbocycles. The SMILES string of the molecule is CCC(C)C(=O)Oc1c2c(c([C@@H](C)O)c3ccccc13)C=CC(C)C2. The van der Waals surface area contributed by atoms with E-state index in [2.05, 4.69) is 19.1 Å². The van der Waals surface area contributed by atoms with Crippen LogP contribution in [0, 0.1) is 11.8 Å². The van der Waals surface area contributed by atoms with Crippen LogP contribution in [-0.2, 0) is 11.2 Å². The molecule has 3 rings (SSSR count). The van der Waals surface area contributed by atoms with Crippen molar-refractivity contribution in [2.75, 3.05) is 0 Å². The first-order chi connectivity index (χ1) is 11.9. The fraction of sp³-hybridized carbons (Fsp3) is 0.409. The average Bonchev–Trinajstić information content (AvgIpc) is 2.60. The molecule has 0 aliphatic heterocycles. The molecule has 0 saturated carbocycles. The van der Waals surface area contributed by atoms with E-state index in [1.807, 2.05) is 38.1 Å². The molecule has 0 heterocycles. The van der Waals surface area contributed by atoms with Crippen molar-refractivity contribution in [2.45, 2.75) is 46.6 Å². The molecule has 3 nitrogen and oxygen atoms in total. The number of aliphatic hydroxyl groups is 1. The summed E-state index contributed by atoms with van der Waals surface area (Å²) in [6.45, 7) is 7.82. The summed E-state index contributed by atoms with van der Waals surface area (Å²) in [5.41, 5.74) is 2.94. The van der Waals surface area contributed by atoms with Gasteiger partial charge in [-0.2, -0.15) is 0 Å². The Hall–Kier alpha value is -2.13. The number of allylic oxidation sites excluding steroid dienone is 1. The molecule has 0 spiro atoms. The first-order valence-electron chi connectivity index (χ1n) is 9.09. The molecule has 25 heavy (non-hydrogen) atoms. The molecule has 3 heteroatoms. The number of ether oxygens (including phenoxy) is 1. The normalized spacial score (nSPS) is 18.7. The standard InChI is InChI=1S/C22H26O3/c1-5-14(3)22(24)25-21-18-9-7-6-8-16(18)20(15(4)23)17-11-10-13(2)12-19(17)21/h6-11,13-15,23H,5,12H2,1-4H3/t13?,14?,15-/m1/s1. The van der Waals surface area contributed by atoms with Gasteiger partial charge in [0.15, 0.2) is 0 Å². The maximum atomic E-state index is 12.5. The molecule has 0 amide bonds. The third kappa shape index (κ3) is 3.21. The molecule has 0 bridgehead atoms. The Morgan fingerprint density at radius 2 is 1.96 bits per heavy atom. The van der Waals surface area contributed by atoms with Crippen LogP contribution in [0.1, 0.15) is 56.9 Å². The molecule has 0 aromatic heterocycles. The lowest BCUT2D eigenvalue weighted by atomic mass is 9.83. The van der Waals surface area contributed by atoms with E-state index < -0.39 is 6.10 Å². The number of hydrogen-bond acceptors (Lipinski definition) is 3. The second kappa shape index (κ2) is 7.01. The van der Waals surface area contributed by atoms with Crippen molar-refractivity contribution in [2.24, 2.45) is 11.8 Å². The van der Waals surface area contributed by atoms with Gasteiger partial charge in [-0.15, -0.1) is 0 Å². The molecular weight excluding hydrogens is 312 g/mol. The summed E-state index contributed by atoms with van der Waals surface area (Å²) in [7, 11) is 0. The summed E-state index contributed by atoms with van der Waals surface area (Å²) < 4.78 is 5.91. The molecular formula is C22H26O3. The monoisotopic (exact) mass is 338 g/mol. The van der Waals surface area contributed by atoms with Gasteiger partial charge in [0.1, 0.15) is 5.75 Å². The Morgan fingerprint density at radius 3 is 2.60 bits per heavy atom. The summed E-state index contributed by atoms with van der Waals surface area (Å²) in [5, 5.41) is 12.2. The molecule has 132 valence electrons. The summed E-state index contributed by atoms with van der Waals surface area (Å²) >= 11 is 0. The lowest BCUT2D eigenvalue weighted by Gasteiger charge is -2.26. The van der Waals surface area contributed by atoms with E-state index in [-0.39, 0.29) is 11.9 Å². The molecule has 1 aliphatic rings. The predicted molar refractivity (Wildman–Crippen MR) is 102 cm³/mol. The van der Waals surface area contributed by atoms with Crippen molar-refractivity contribution in [3.05, 3.63) is 47.0 Å². The van der Waals surface area contributed by atoms with E-state index in [4.69, 9.17) is 4.74 Å². The molecule has 2 aromatic rings. The van der Waals surface area contributed by atoms with Crippen LogP contribution < -0.4 is 4.74 Å². The zero-order valence-electron chi connectivity index (χ0n) is 15.4. The van der Waals surface area contributed by atoms with Crippen molar-refractivity contribution in [1.82, 2.24) is 0 Å². The average molecular weight is 338 g/mol. The van der Waals surface area contributed by atoms with E-state index in [1.165, 1.54) is 0 Å². The van der Waals surface area contributed by atoms with Crippen molar-refractivity contribution >= 4 is 22.8 Å². The summed E-state index contributed by atoms with van der Waals surface area (Å²) in [4.78, 5) is 12.5. The van der Waals surface area contributed by atoms with Gasteiger partial charge >= 0.3 is 5.97 Å². The topological polar surface area (TPSA) is 46.5 Å². The largest absolute Gasteiger partial charge is 0.425 e. The van der Waals surface area contributed by atoms with Crippen LogP contribution in [0.2, 0.25) is 0 Å². The van der Waals surface area contributed by atoms with Gasteiger partial charge in [0, 0.05) is 10.9 Å². The van der Waals surface area contributed by atoms with Gasteiger partial charge in [-0.05, 0) is 42.2 Å². The highest BCUT2D eigenvalue weighted by molar-refractivity contribution is 5.98. The zero-order valence-corrected chi connectivity index (χ0v) is 15.4. The fourth-order valence-corrected chi connectivity index (χ4v) is 3.49. The molecule has 0 saturated heterocycles. The molecule has 2 unspecified atom stereocenters. The van der Waals surface area contributed by atoms with Crippen LogP contribution >= 0.6 is 0 Å². The van der Waals surface area contributed by atoms with Crippen molar-refractivity contribution in [1.29, 1.82) is 0 Å². The van der Waals surface area contributed by atoms with E-state index in [1.54, 1.807) is 6.92 Å². The Labute approximate surface area is 149 Å². The van der Waals surface area contributed by atoms with Crippen LogP contribution in [0.15, 0.2) is 30.3 Å². The molecule has 0 fully saturated rings. The van der Waals surface area contributed by atoms with Gasteiger partial charge in [-0.1, -0.05) is 57.2 Å². The number of esters is 1. The lowest BCUT2D eigenvalue weighted by molar-refractivity contribution is -0.138. The number of hydrogen-bond donors (Lipinski definition) is 1. The Balaban J connectivity index is 2.29. The van der Waals surface area contributed by atoms with Gasteiger partial charge in [0.05, 0.1) is 12.0 Å². The van der Waals surface area contributed by atoms with Gasteiger partial charge in [-0.3, -0.25) is 4.79 Å². The number of carbonyl (C=O) groups excluding carboxylic acids is 1. The minimum absolute atomic E-state index is 0.137. The Morgan fingerprint density at radius 1 is 1.28 bits per heavy atom. The highest BCUT2D eigenvalue weighted by Crippen LogP contribution is 2.43. The quantitative estimate of drug-likeness (QED) is 0.627. The van der Waals surface area contributed by atoms with E-state index in [0.29, 0.717) is 11.7 Å². The maximum Gasteiger partial charge on any atom is 0.314 e. The first kappa shape index (κ1) is 17.7. The second-order valence-corrected chi connectivity index (χ2v) is 7.13. The maximum absolute atomic E-state index is 12.5. The molecule has 3 atom stereocenters. The minimum atomic E-state index is -0.587. The minimum Gasteiger partial charge on any atom is -0.425 e. The third-order valence-electron chi connectivity index (χ3n) is 5.10. The Bertz CT molecular complexity index is 833. The van der Waals surface area contributed by atoms with E-state index >= 15 is 0 Å². The zero-order chi connectivity index (χ0) is 18.1. The molecule has 1 aliphatic carbocycles. The van der Waals surface area contributed by atoms with Crippen molar-refractivity contribution < 1.29 is 14.6 Å². The van der Waals surface area contributed by atoms with Crippen LogP contribution in [0.5, 0.6) is 5.75 Å². The van der Waals surface area contributed by atoms with Crippen LogP contribution in [0.4, 0.5) is 0 Å². The molecule has 0 radical (unpaired) electrons. The summed E-state index contributed by atoms with van der Waals surface area (Å²) in [6.07, 6.45) is 5.19. The van der Waals surface area contributed by atoms with Crippen LogP contribution in [-0.4, -0.2) is 11.1 Å². The number of aliphatic hydroxyl groups excluding tert-OH is 1. The van der Waals surface area contributed by atoms with Gasteiger partial charge in [0.2, 0.25) is 0 Å². The Kier molecular flexibility index (Phi) is 4.96. The molecule has 1 N–H and O–H groups in total. The number of rotatable bonds is 4. The van der Waals surface area contributed by atoms with Crippen molar-refractivity contribution in [3.8, 4) is 5.75 Å². The highest BCUT2D eigenvalue weighted by atomic mass is 16.5. The van der Waals surface area contributed by atoms with Crippen molar-refractivity contribution in [3.63, 3.8) is 0 Å². The van der Waals surface area contributed by atoms with Gasteiger partial charge < -0.3 is 9.84 Å².